The lowest BCUT2D eigenvalue weighted by Gasteiger charge is -2.26. The Bertz CT molecular complexity index is 962. The van der Waals surface area contributed by atoms with Gasteiger partial charge in [-0.25, -0.2) is 9.50 Å². The van der Waals surface area contributed by atoms with Crippen LogP contribution in [-0.2, 0) is 4.74 Å². The molecule has 1 N–H and O–H groups in total. The highest BCUT2D eigenvalue weighted by molar-refractivity contribution is 5.75. The molecule has 0 amide bonds. The Balaban J connectivity index is 0.00000124. The van der Waals surface area contributed by atoms with Crippen LogP contribution in [0.4, 0.5) is 0 Å². The van der Waals surface area contributed by atoms with Crippen LogP contribution in [0.1, 0.15) is 94.9 Å². The molecule has 0 aromatic carbocycles. The van der Waals surface area contributed by atoms with Crippen LogP contribution < -0.4 is 0 Å². The van der Waals surface area contributed by atoms with Crippen molar-refractivity contribution in [3.63, 3.8) is 0 Å². The molecule has 2 aliphatic rings. The zero-order valence-corrected chi connectivity index (χ0v) is 18.9. The second-order valence-corrected chi connectivity index (χ2v) is 7.96. The summed E-state index contributed by atoms with van der Waals surface area (Å²) in [6.07, 6.45) is 15.0. The van der Waals surface area contributed by atoms with E-state index in [-0.39, 0.29) is 5.76 Å². The fourth-order valence-electron chi connectivity index (χ4n) is 4.70. The molecule has 0 bridgehead atoms. The van der Waals surface area contributed by atoms with E-state index >= 15 is 0 Å². The Kier molecular flexibility index (Phi) is 7.35. The van der Waals surface area contributed by atoms with Crippen molar-refractivity contribution in [3.8, 4) is 0 Å². The molecule has 1 saturated carbocycles. The van der Waals surface area contributed by atoms with Crippen molar-refractivity contribution in [1.29, 1.82) is 0 Å². The lowest BCUT2D eigenvalue weighted by Crippen LogP contribution is -2.14. The minimum atomic E-state index is 0.0161. The molecular formula is C25H35N3O2. The van der Waals surface area contributed by atoms with Gasteiger partial charge in [0.2, 0.25) is 0 Å². The highest BCUT2D eigenvalue weighted by Crippen LogP contribution is 2.40. The smallest absolute Gasteiger partial charge is 0.166 e. The summed E-state index contributed by atoms with van der Waals surface area (Å²) in [7, 11) is 1.75. The van der Waals surface area contributed by atoms with Gasteiger partial charge in [0.25, 0.3) is 0 Å². The van der Waals surface area contributed by atoms with Gasteiger partial charge in [-0.15, -0.1) is 0 Å². The molecule has 0 aliphatic heterocycles. The summed E-state index contributed by atoms with van der Waals surface area (Å²) in [6.45, 7) is 9.84. The van der Waals surface area contributed by atoms with Crippen molar-refractivity contribution < 1.29 is 9.84 Å². The minimum Gasteiger partial charge on any atom is -0.508 e. The summed E-state index contributed by atoms with van der Waals surface area (Å²) in [5.74, 6) is 1.52. The molecule has 4 rings (SSSR count). The monoisotopic (exact) mass is 409 g/mol. The maximum atomic E-state index is 9.95. The van der Waals surface area contributed by atoms with Crippen LogP contribution in [0, 0.1) is 0 Å². The van der Waals surface area contributed by atoms with Crippen LogP contribution in [0.25, 0.3) is 17.0 Å². The van der Waals surface area contributed by atoms with Crippen LogP contribution >= 0.6 is 0 Å². The van der Waals surface area contributed by atoms with Gasteiger partial charge in [-0.1, -0.05) is 39.7 Å². The second-order valence-electron chi connectivity index (χ2n) is 7.96. The van der Waals surface area contributed by atoms with Crippen LogP contribution in [-0.4, -0.2) is 26.8 Å². The molecule has 0 spiro atoms. The molecular weight excluding hydrogens is 374 g/mol. The van der Waals surface area contributed by atoms with Crippen molar-refractivity contribution in [2.45, 2.75) is 78.1 Å². The molecule has 2 aromatic heterocycles. The number of hydrogen-bond donors (Lipinski definition) is 1. The molecule has 0 radical (unpaired) electrons. The summed E-state index contributed by atoms with van der Waals surface area (Å²) in [5.41, 5.74) is 6.31. The van der Waals surface area contributed by atoms with Crippen molar-refractivity contribution in [1.82, 2.24) is 14.6 Å². The first-order valence-corrected chi connectivity index (χ1v) is 11.3. The topological polar surface area (TPSA) is 59.7 Å². The number of ether oxygens (including phenoxy) is 1. The van der Waals surface area contributed by atoms with E-state index in [1.54, 1.807) is 13.3 Å². The number of fused-ring (bicyclic) bond motifs is 1. The zero-order valence-electron chi connectivity index (χ0n) is 18.9. The molecule has 1 fully saturated rings. The lowest BCUT2D eigenvalue weighted by atomic mass is 9.83. The van der Waals surface area contributed by atoms with E-state index in [0.717, 1.165) is 25.0 Å². The van der Waals surface area contributed by atoms with E-state index in [2.05, 4.69) is 24.7 Å². The van der Waals surface area contributed by atoms with Gasteiger partial charge in [0.1, 0.15) is 5.76 Å². The standard InChI is InChI=1S/C23H29N3O2.C2H6/c1-15-12-18(28-3)10-7-11-19(15)21-13-24-23-20(16(2)27)14-25-26(23)22(21)17-8-5-4-6-9-17;1-2/h12-14,17,27H,2,4-11H2,1,3H3;1-2H3. The molecule has 2 aliphatic carbocycles. The first-order valence-electron chi connectivity index (χ1n) is 11.3. The zero-order chi connectivity index (χ0) is 21.7. The molecule has 5 heteroatoms. The summed E-state index contributed by atoms with van der Waals surface area (Å²) in [6, 6.07) is 0. The van der Waals surface area contributed by atoms with Crippen LogP contribution in [0.15, 0.2) is 36.4 Å². The molecule has 2 heterocycles. The number of nitrogens with zero attached hydrogens (tertiary/aromatic N) is 3. The third kappa shape index (κ3) is 4.30. The lowest BCUT2D eigenvalue weighted by molar-refractivity contribution is 0.276. The number of aliphatic hydroxyl groups is 1. The second kappa shape index (κ2) is 9.96. The molecule has 2 aromatic rings. The Labute approximate surface area is 180 Å². The first-order chi connectivity index (χ1) is 14.6. The number of hydrogen-bond acceptors (Lipinski definition) is 4. The van der Waals surface area contributed by atoms with Crippen LogP contribution in [0.5, 0.6) is 0 Å². The van der Waals surface area contributed by atoms with Crippen molar-refractivity contribution in [3.05, 3.63) is 53.2 Å². The highest BCUT2D eigenvalue weighted by atomic mass is 16.5. The number of aromatic nitrogens is 3. The molecule has 5 nitrogen and oxygen atoms in total. The predicted molar refractivity (Wildman–Crippen MR) is 123 cm³/mol. The largest absolute Gasteiger partial charge is 0.508 e. The Morgan fingerprint density at radius 1 is 1.13 bits per heavy atom. The Morgan fingerprint density at radius 2 is 1.87 bits per heavy atom. The van der Waals surface area contributed by atoms with Gasteiger partial charge in [-0.3, -0.25) is 0 Å². The third-order valence-electron chi connectivity index (χ3n) is 6.16. The van der Waals surface area contributed by atoms with Crippen molar-refractivity contribution >= 4 is 17.0 Å². The molecule has 0 atom stereocenters. The molecule has 0 saturated heterocycles. The van der Waals surface area contributed by atoms with E-state index in [0.29, 0.717) is 17.1 Å². The average molecular weight is 410 g/mol. The molecule has 30 heavy (non-hydrogen) atoms. The first kappa shape index (κ1) is 22.1. The van der Waals surface area contributed by atoms with Crippen molar-refractivity contribution in [2.75, 3.05) is 7.11 Å². The molecule has 0 unspecified atom stereocenters. The minimum absolute atomic E-state index is 0.0161. The maximum Gasteiger partial charge on any atom is 0.166 e. The molecule has 162 valence electrons. The Morgan fingerprint density at radius 3 is 2.53 bits per heavy atom. The van der Waals surface area contributed by atoms with Gasteiger partial charge in [0, 0.05) is 24.1 Å². The summed E-state index contributed by atoms with van der Waals surface area (Å²) in [4.78, 5) is 4.69. The average Bonchev–Trinajstić information content (AvgIpc) is 3.12. The van der Waals surface area contributed by atoms with E-state index in [1.807, 2.05) is 24.6 Å². The predicted octanol–water partition coefficient (Wildman–Crippen LogP) is 6.82. The fourth-order valence-corrected chi connectivity index (χ4v) is 4.70. The summed E-state index contributed by atoms with van der Waals surface area (Å²) in [5, 5.41) is 14.6. The third-order valence-corrected chi connectivity index (χ3v) is 6.16. The van der Waals surface area contributed by atoms with E-state index in [4.69, 9.17) is 9.72 Å². The quantitative estimate of drug-likeness (QED) is 0.563. The van der Waals surface area contributed by atoms with Gasteiger partial charge in [-0.2, -0.15) is 5.10 Å². The fraction of sp³-hybridized carbons (Fsp3) is 0.520. The summed E-state index contributed by atoms with van der Waals surface area (Å²) >= 11 is 0. The van der Waals surface area contributed by atoms with Gasteiger partial charge < -0.3 is 9.84 Å². The van der Waals surface area contributed by atoms with Crippen LogP contribution in [0.3, 0.4) is 0 Å². The number of allylic oxidation sites excluding steroid dienone is 4. The number of rotatable bonds is 4. The normalized spacial score (nSPS) is 17.8. The highest BCUT2D eigenvalue weighted by Gasteiger charge is 2.26. The van der Waals surface area contributed by atoms with Gasteiger partial charge in [0.05, 0.1) is 30.3 Å². The summed E-state index contributed by atoms with van der Waals surface area (Å²) < 4.78 is 7.48. The van der Waals surface area contributed by atoms with Gasteiger partial charge in [0.15, 0.2) is 5.65 Å². The van der Waals surface area contributed by atoms with E-state index in [9.17, 15) is 5.11 Å². The Hall–Kier alpha value is -2.56. The maximum absolute atomic E-state index is 9.95. The van der Waals surface area contributed by atoms with Gasteiger partial charge in [-0.05, 0) is 49.8 Å². The number of methoxy groups -OCH3 is 1. The number of aliphatic hydroxyl groups excluding tert-OH is 1. The van der Waals surface area contributed by atoms with Gasteiger partial charge >= 0.3 is 0 Å². The van der Waals surface area contributed by atoms with E-state index < -0.39 is 0 Å². The SMILES string of the molecule is C=C(O)c1cnn2c(C3CCCCC3)c(C3=C(C)C=C(OC)CCC3)cnc12.CC. The van der Waals surface area contributed by atoms with Crippen LogP contribution in [0.2, 0.25) is 0 Å². The van der Waals surface area contributed by atoms with E-state index in [1.165, 1.54) is 54.5 Å². The van der Waals surface area contributed by atoms with Crippen molar-refractivity contribution in [2.24, 2.45) is 0 Å².